The van der Waals surface area contributed by atoms with Gasteiger partial charge in [0, 0.05) is 11.6 Å². The number of nitrogens with zero attached hydrogens (tertiary/aromatic N) is 4. The lowest BCUT2D eigenvalue weighted by molar-refractivity contribution is -0.116. The minimum atomic E-state index is -1.07. The van der Waals surface area contributed by atoms with Gasteiger partial charge in [0.05, 0.1) is 6.20 Å². The van der Waals surface area contributed by atoms with Crippen LogP contribution in [0.5, 0.6) is 0 Å². The summed E-state index contributed by atoms with van der Waals surface area (Å²) in [5, 5.41) is 22.3. The summed E-state index contributed by atoms with van der Waals surface area (Å²) in [6, 6.07) is 0. The number of amides is 1. The number of anilines is 1. The summed E-state index contributed by atoms with van der Waals surface area (Å²) < 4.78 is 1.37. The Balaban J connectivity index is 1.97. The molecule has 0 unspecified atom stereocenters. The van der Waals surface area contributed by atoms with E-state index in [9.17, 15) is 9.90 Å². The molecule has 2 rings (SSSR count). The van der Waals surface area contributed by atoms with E-state index in [2.05, 4.69) is 20.6 Å². The lowest BCUT2D eigenvalue weighted by atomic mass is 10.1. The van der Waals surface area contributed by atoms with Gasteiger partial charge in [-0.2, -0.15) is 0 Å². The van der Waals surface area contributed by atoms with E-state index in [1.54, 1.807) is 31.6 Å². The molecule has 0 bridgehead atoms. The van der Waals surface area contributed by atoms with Gasteiger partial charge in [-0.3, -0.25) is 4.79 Å². The highest BCUT2D eigenvalue weighted by molar-refractivity contribution is 7.13. The fourth-order valence-corrected chi connectivity index (χ4v) is 1.79. The molecule has 96 valence electrons. The van der Waals surface area contributed by atoms with Gasteiger partial charge in [-0.05, 0) is 13.8 Å². The summed E-state index contributed by atoms with van der Waals surface area (Å²) in [6.07, 6.45) is 3.16. The van der Waals surface area contributed by atoms with Crippen LogP contribution in [0.2, 0.25) is 0 Å². The van der Waals surface area contributed by atoms with E-state index in [4.69, 9.17) is 0 Å². The van der Waals surface area contributed by atoms with Gasteiger partial charge < -0.3 is 10.4 Å². The predicted octanol–water partition coefficient (Wildman–Crippen LogP) is 0.601. The highest BCUT2D eigenvalue weighted by atomic mass is 32.1. The number of carbonyl (C=O) groups is 1. The molecule has 18 heavy (non-hydrogen) atoms. The average molecular weight is 267 g/mol. The van der Waals surface area contributed by atoms with Gasteiger partial charge in [-0.25, -0.2) is 9.67 Å². The minimum Gasteiger partial charge on any atom is -0.384 e. The van der Waals surface area contributed by atoms with Crippen LogP contribution in [-0.2, 0) is 16.9 Å². The number of nitrogens with one attached hydrogen (secondary N) is 1. The Morgan fingerprint density at radius 3 is 2.94 bits per heavy atom. The van der Waals surface area contributed by atoms with Crippen molar-refractivity contribution in [3.63, 3.8) is 0 Å². The number of aliphatic hydroxyl groups is 1. The predicted molar refractivity (Wildman–Crippen MR) is 66.0 cm³/mol. The molecule has 2 N–H and O–H groups in total. The van der Waals surface area contributed by atoms with Gasteiger partial charge in [0.25, 0.3) is 0 Å². The molecule has 0 fully saturated rings. The molecule has 0 aliphatic carbocycles. The molecule has 0 aromatic carbocycles. The summed E-state index contributed by atoms with van der Waals surface area (Å²) in [6.45, 7) is 3.25. The first kappa shape index (κ1) is 12.7. The topological polar surface area (TPSA) is 92.9 Å². The molecule has 7 nitrogen and oxygen atoms in total. The number of thiazole rings is 1. The Hall–Kier alpha value is -1.80. The monoisotopic (exact) mass is 267 g/mol. The smallest absolute Gasteiger partial charge is 0.247 e. The average Bonchev–Trinajstić information content (AvgIpc) is 2.87. The molecule has 0 spiro atoms. The van der Waals surface area contributed by atoms with Crippen LogP contribution in [0.4, 0.5) is 5.13 Å². The van der Waals surface area contributed by atoms with E-state index in [0.29, 0.717) is 10.8 Å². The van der Waals surface area contributed by atoms with E-state index in [-0.39, 0.29) is 12.5 Å². The first-order chi connectivity index (χ1) is 8.45. The number of rotatable bonds is 4. The molecule has 2 aromatic heterocycles. The van der Waals surface area contributed by atoms with Crippen LogP contribution < -0.4 is 5.32 Å². The Labute approximate surface area is 107 Å². The van der Waals surface area contributed by atoms with Crippen LogP contribution in [0.15, 0.2) is 17.8 Å². The Kier molecular flexibility index (Phi) is 3.39. The SMILES string of the molecule is CC(C)(O)c1cn(CC(=O)Nc2nccs2)nn1. The third kappa shape index (κ3) is 3.11. The van der Waals surface area contributed by atoms with Crippen LogP contribution in [0.3, 0.4) is 0 Å². The Bertz CT molecular complexity index is 529. The van der Waals surface area contributed by atoms with Gasteiger partial charge in [0.15, 0.2) is 5.13 Å². The maximum atomic E-state index is 11.6. The highest BCUT2D eigenvalue weighted by Gasteiger charge is 2.20. The lowest BCUT2D eigenvalue weighted by Gasteiger charge is -2.11. The zero-order valence-electron chi connectivity index (χ0n) is 9.99. The normalized spacial score (nSPS) is 11.5. The number of hydrogen-bond donors (Lipinski definition) is 2. The van der Waals surface area contributed by atoms with Crippen molar-refractivity contribution in [3.8, 4) is 0 Å². The van der Waals surface area contributed by atoms with Crippen molar-refractivity contribution in [1.29, 1.82) is 0 Å². The number of aromatic nitrogens is 4. The fraction of sp³-hybridized carbons (Fsp3) is 0.400. The van der Waals surface area contributed by atoms with Crippen molar-refractivity contribution in [3.05, 3.63) is 23.5 Å². The van der Waals surface area contributed by atoms with Crippen molar-refractivity contribution >= 4 is 22.4 Å². The molecular formula is C10H13N5O2S. The van der Waals surface area contributed by atoms with Crippen LogP contribution in [0.25, 0.3) is 0 Å². The van der Waals surface area contributed by atoms with Crippen LogP contribution in [0, 0.1) is 0 Å². The second-order valence-corrected chi connectivity index (χ2v) is 5.14. The zero-order valence-corrected chi connectivity index (χ0v) is 10.8. The van der Waals surface area contributed by atoms with E-state index in [0.717, 1.165) is 0 Å². The summed E-state index contributed by atoms with van der Waals surface area (Å²) >= 11 is 1.34. The van der Waals surface area contributed by atoms with Gasteiger partial charge in [-0.15, -0.1) is 16.4 Å². The number of carbonyl (C=O) groups excluding carboxylic acids is 1. The molecule has 0 saturated heterocycles. The molecule has 0 saturated carbocycles. The minimum absolute atomic E-state index is 0.0304. The van der Waals surface area contributed by atoms with Gasteiger partial charge >= 0.3 is 0 Å². The molecule has 2 aromatic rings. The maximum absolute atomic E-state index is 11.6. The summed E-state index contributed by atoms with van der Waals surface area (Å²) in [5.74, 6) is -0.239. The van der Waals surface area contributed by atoms with Crippen molar-refractivity contribution in [2.24, 2.45) is 0 Å². The van der Waals surface area contributed by atoms with E-state index >= 15 is 0 Å². The molecule has 2 heterocycles. The second-order valence-electron chi connectivity index (χ2n) is 4.25. The van der Waals surface area contributed by atoms with Crippen molar-refractivity contribution in [1.82, 2.24) is 20.0 Å². The molecule has 1 amide bonds. The van der Waals surface area contributed by atoms with Crippen LogP contribution in [-0.4, -0.2) is 31.0 Å². The largest absolute Gasteiger partial charge is 0.384 e. The summed E-state index contributed by atoms with van der Waals surface area (Å²) in [4.78, 5) is 15.6. The Morgan fingerprint density at radius 1 is 1.61 bits per heavy atom. The third-order valence-corrected chi connectivity index (χ3v) is 2.84. The molecule has 0 aliphatic heterocycles. The molecule has 8 heteroatoms. The van der Waals surface area contributed by atoms with E-state index < -0.39 is 5.60 Å². The van der Waals surface area contributed by atoms with Crippen molar-refractivity contribution in [2.45, 2.75) is 26.0 Å². The third-order valence-electron chi connectivity index (χ3n) is 2.15. The van der Waals surface area contributed by atoms with Crippen LogP contribution in [0.1, 0.15) is 19.5 Å². The summed E-state index contributed by atoms with van der Waals surface area (Å²) in [7, 11) is 0. The van der Waals surface area contributed by atoms with Gasteiger partial charge in [0.2, 0.25) is 5.91 Å². The van der Waals surface area contributed by atoms with Gasteiger partial charge in [0.1, 0.15) is 17.8 Å². The first-order valence-electron chi connectivity index (χ1n) is 5.27. The molecule has 0 atom stereocenters. The fourth-order valence-electron chi connectivity index (χ4n) is 1.25. The van der Waals surface area contributed by atoms with E-state index in [1.807, 2.05) is 0 Å². The van der Waals surface area contributed by atoms with E-state index in [1.165, 1.54) is 16.0 Å². The highest BCUT2D eigenvalue weighted by Crippen LogP contribution is 2.15. The molecule has 0 radical (unpaired) electrons. The van der Waals surface area contributed by atoms with Gasteiger partial charge in [-0.1, -0.05) is 5.21 Å². The molecule has 0 aliphatic rings. The zero-order chi connectivity index (χ0) is 13.2. The van der Waals surface area contributed by atoms with Crippen molar-refractivity contribution in [2.75, 3.05) is 5.32 Å². The first-order valence-corrected chi connectivity index (χ1v) is 6.15. The standard InChI is InChI=1S/C10H13N5O2S/c1-10(2,17)7-5-15(14-13-7)6-8(16)12-9-11-3-4-18-9/h3-5,17H,6H2,1-2H3,(H,11,12,16). The Morgan fingerprint density at radius 2 is 2.39 bits per heavy atom. The second kappa shape index (κ2) is 4.83. The maximum Gasteiger partial charge on any atom is 0.247 e. The number of hydrogen-bond acceptors (Lipinski definition) is 6. The van der Waals surface area contributed by atoms with Crippen molar-refractivity contribution < 1.29 is 9.90 Å². The molecular weight excluding hydrogens is 254 g/mol. The lowest BCUT2D eigenvalue weighted by Crippen LogP contribution is -2.19. The summed E-state index contributed by atoms with van der Waals surface area (Å²) in [5.41, 5.74) is -0.645. The quantitative estimate of drug-likeness (QED) is 0.846. The van der Waals surface area contributed by atoms with Crippen LogP contribution >= 0.6 is 11.3 Å².